The van der Waals surface area contributed by atoms with E-state index in [1.54, 1.807) is 14.2 Å². The molecule has 0 amide bonds. The van der Waals surface area contributed by atoms with E-state index in [1.165, 1.54) is 24.8 Å². The number of hydrogen-bond donors (Lipinski definition) is 1. The monoisotopic (exact) mass is 235 g/mol. The van der Waals surface area contributed by atoms with Crippen LogP contribution in [0, 0.1) is 0 Å². The van der Waals surface area contributed by atoms with Crippen LogP contribution in [0.2, 0.25) is 0 Å². The van der Waals surface area contributed by atoms with E-state index in [0.29, 0.717) is 5.92 Å². The van der Waals surface area contributed by atoms with Crippen LogP contribution in [0.4, 0.5) is 0 Å². The van der Waals surface area contributed by atoms with Gasteiger partial charge in [0.05, 0.1) is 14.2 Å². The maximum absolute atomic E-state index is 6.20. The molecule has 1 aliphatic rings. The van der Waals surface area contributed by atoms with Crippen molar-refractivity contribution in [2.24, 2.45) is 5.73 Å². The van der Waals surface area contributed by atoms with Gasteiger partial charge in [0.1, 0.15) is 0 Å². The van der Waals surface area contributed by atoms with Crippen molar-refractivity contribution in [3.05, 3.63) is 23.8 Å². The lowest BCUT2D eigenvalue weighted by atomic mass is 9.80. The van der Waals surface area contributed by atoms with Gasteiger partial charge in [0.15, 0.2) is 11.5 Å². The third-order valence-corrected chi connectivity index (χ3v) is 3.66. The van der Waals surface area contributed by atoms with Gasteiger partial charge in [-0.05, 0) is 36.5 Å². The van der Waals surface area contributed by atoms with Gasteiger partial charge in [-0.1, -0.05) is 18.9 Å². The summed E-state index contributed by atoms with van der Waals surface area (Å²) in [7, 11) is 3.33. The van der Waals surface area contributed by atoms with E-state index in [-0.39, 0.29) is 6.04 Å². The van der Waals surface area contributed by atoms with Gasteiger partial charge in [-0.3, -0.25) is 0 Å². The number of ether oxygens (including phenoxy) is 2. The highest BCUT2D eigenvalue weighted by atomic mass is 16.5. The summed E-state index contributed by atoms with van der Waals surface area (Å²) in [5.74, 6) is 2.03. The van der Waals surface area contributed by atoms with Gasteiger partial charge in [0.2, 0.25) is 0 Å². The number of methoxy groups -OCH3 is 2. The van der Waals surface area contributed by atoms with Crippen LogP contribution in [0.25, 0.3) is 0 Å². The predicted molar refractivity (Wildman–Crippen MR) is 68.7 cm³/mol. The first kappa shape index (κ1) is 12.2. The van der Waals surface area contributed by atoms with Crippen LogP contribution < -0.4 is 15.2 Å². The van der Waals surface area contributed by atoms with E-state index in [1.807, 2.05) is 6.07 Å². The van der Waals surface area contributed by atoms with Gasteiger partial charge < -0.3 is 15.2 Å². The second kappa shape index (κ2) is 5.41. The molecule has 1 fully saturated rings. The molecule has 1 aromatic carbocycles. The molecule has 0 saturated heterocycles. The largest absolute Gasteiger partial charge is 0.493 e. The van der Waals surface area contributed by atoms with Gasteiger partial charge >= 0.3 is 0 Å². The van der Waals surface area contributed by atoms with Gasteiger partial charge in [-0.25, -0.2) is 0 Å². The van der Waals surface area contributed by atoms with Crippen LogP contribution >= 0.6 is 0 Å². The van der Waals surface area contributed by atoms with E-state index < -0.39 is 0 Å². The zero-order valence-electron chi connectivity index (χ0n) is 10.6. The summed E-state index contributed by atoms with van der Waals surface area (Å²) in [6.45, 7) is 0. The first-order valence-corrected chi connectivity index (χ1v) is 6.23. The Morgan fingerprint density at radius 2 is 1.76 bits per heavy atom. The Bertz CT molecular complexity index is 378. The molecule has 0 aliphatic heterocycles. The minimum Gasteiger partial charge on any atom is -0.493 e. The standard InChI is InChI=1S/C14H21NO2/c1-16-13-8-7-10(9-14(13)17-2)11-5-3-4-6-12(11)15/h7-9,11-12H,3-6,15H2,1-2H3. The number of nitrogens with two attached hydrogens (primary N) is 1. The van der Waals surface area contributed by atoms with Crippen LogP contribution in [0.5, 0.6) is 11.5 Å². The topological polar surface area (TPSA) is 44.5 Å². The normalized spacial score (nSPS) is 24.4. The molecule has 3 nitrogen and oxygen atoms in total. The smallest absolute Gasteiger partial charge is 0.160 e. The fraction of sp³-hybridized carbons (Fsp3) is 0.571. The van der Waals surface area contributed by atoms with Gasteiger partial charge in [-0.2, -0.15) is 0 Å². The fourth-order valence-corrected chi connectivity index (χ4v) is 2.66. The summed E-state index contributed by atoms with van der Waals surface area (Å²) in [4.78, 5) is 0. The first-order chi connectivity index (χ1) is 8.26. The highest BCUT2D eigenvalue weighted by Gasteiger charge is 2.24. The average Bonchev–Trinajstić information content (AvgIpc) is 2.38. The molecule has 0 spiro atoms. The number of benzene rings is 1. The minimum absolute atomic E-state index is 0.279. The Labute approximate surface area is 103 Å². The highest BCUT2D eigenvalue weighted by molar-refractivity contribution is 5.44. The molecule has 2 rings (SSSR count). The molecular weight excluding hydrogens is 214 g/mol. The molecule has 0 aromatic heterocycles. The van der Waals surface area contributed by atoms with Crippen molar-refractivity contribution in [2.45, 2.75) is 37.6 Å². The van der Waals surface area contributed by atoms with Crippen LogP contribution in [0.1, 0.15) is 37.2 Å². The first-order valence-electron chi connectivity index (χ1n) is 6.23. The molecule has 1 aliphatic carbocycles. The maximum atomic E-state index is 6.20. The van der Waals surface area contributed by atoms with Crippen molar-refractivity contribution in [1.82, 2.24) is 0 Å². The molecule has 2 N–H and O–H groups in total. The summed E-state index contributed by atoms with van der Waals surface area (Å²) in [5, 5.41) is 0. The maximum Gasteiger partial charge on any atom is 0.160 e. The molecule has 2 atom stereocenters. The van der Waals surface area contributed by atoms with Crippen molar-refractivity contribution in [1.29, 1.82) is 0 Å². The summed E-state index contributed by atoms with van der Waals surface area (Å²) in [6.07, 6.45) is 4.83. The predicted octanol–water partition coefficient (Wildman–Crippen LogP) is 2.69. The SMILES string of the molecule is COc1ccc(C2CCCCC2N)cc1OC. The second-order valence-corrected chi connectivity index (χ2v) is 4.67. The molecule has 94 valence electrons. The number of hydrogen-bond acceptors (Lipinski definition) is 3. The Balaban J connectivity index is 2.25. The lowest BCUT2D eigenvalue weighted by molar-refractivity contribution is 0.350. The Morgan fingerprint density at radius 3 is 2.41 bits per heavy atom. The Hall–Kier alpha value is -1.22. The molecule has 2 unspecified atom stereocenters. The van der Waals surface area contributed by atoms with Crippen molar-refractivity contribution >= 4 is 0 Å². The zero-order chi connectivity index (χ0) is 12.3. The highest BCUT2D eigenvalue weighted by Crippen LogP contribution is 2.36. The van der Waals surface area contributed by atoms with E-state index in [4.69, 9.17) is 15.2 Å². The van der Waals surface area contributed by atoms with E-state index >= 15 is 0 Å². The van der Waals surface area contributed by atoms with Crippen molar-refractivity contribution in [3.63, 3.8) is 0 Å². The van der Waals surface area contributed by atoms with Crippen molar-refractivity contribution in [3.8, 4) is 11.5 Å². The number of rotatable bonds is 3. The summed E-state index contributed by atoms with van der Waals surface area (Å²) in [6, 6.07) is 6.42. The lowest BCUT2D eigenvalue weighted by Gasteiger charge is -2.29. The fourth-order valence-electron chi connectivity index (χ4n) is 2.66. The van der Waals surface area contributed by atoms with E-state index in [2.05, 4.69) is 12.1 Å². The van der Waals surface area contributed by atoms with E-state index in [9.17, 15) is 0 Å². The molecule has 17 heavy (non-hydrogen) atoms. The van der Waals surface area contributed by atoms with Crippen LogP contribution in [-0.4, -0.2) is 20.3 Å². The molecule has 1 saturated carbocycles. The van der Waals surface area contributed by atoms with Crippen LogP contribution in [0.3, 0.4) is 0 Å². The minimum atomic E-state index is 0.279. The average molecular weight is 235 g/mol. The third-order valence-electron chi connectivity index (χ3n) is 3.66. The van der Waals surface area contributed by atoms with Crippen LogP contribution in [-0.2, 0) is 0 Å². The van der Waals surface area contributed by atoms with Gasteiger partial charge in [0.25, 0.3) is 0 Å². The quantitative estimate of drug-likeness (QED) is 0.876. The molecule has 0 bridgehead atoms. The zero-order valence-corrected chi connectivity index (χ0v) is 10.6. The lowest BCUT2D eigenvalue weighted by Crippen LogP contribution is -2.31. The summed E-state index contributed by atoms with van der Waals surface area (Å²) < 4.78 is 10.6. The van der Waals surface area contributed by atoms with Crippen molar-refractivity contribution < 1.29 is 9.47 Å². The Morgan fingerprint density at radius 1 is 1.06 bits per heavy atom. The third kappa shape index (κ3) is 2.55. The van der Waals surface area contributed by atoms with E-state index in [0.717, 1.165) is 17.9 Å². The summed E-state index contributed by atoms with van der Waals surface area (Å²) in [5.41, 5.74) is 7.47. The van der Waals surface area contributed by atoms with Gasteiger partial charge in [0, 0.05) is 6.04 Å². The molecule has 1 aromatic rings. The van der Waals surface area contributed by atoms with Crippen molar-refractivity contribution in [2.75, 3.05) is 14.2 Å². The summed E-state index contributed by atoms with van der Waals surface area (Å²) >= 11 is 0. The molecular formula is C14H21NO2. The molecule has 0 radical (unpaired) electrons. The second-order valence-electron chi connectivity index (χ2n) is 4.67. The van der Waals surface area contributed by atoms with Crippen LogP contribution in [0.15, 0.2) is 18.2 Å². The molecule has 3 heteroatoms. The molecule has 0 heterocycles. The van der Waals surface area contributed by atoms with Gasteiger partial charge in [-0.15, -0.1) is 0 Å². The Kier molecular flexibility index (Phi) is 3.89.